The lowest BCUT2D eigenvalue weighted by Gasteiger charge is -2.16. The minimum atomic E-state index is -2.65. The van der Waals surface area contributed by atoms with Crippen LogP contribution in [-0.2, 0) is 4.79 Å². The molecule has 56 heavy (non-hydrogen) atoms. The second-order valence-corrected chi connectivity index (χ2v) is 16.4. The van der Waals surface area contributed by atoms with Gasteiger partial charge in [0.05, 0.1) is 5.70 Å². The fourth-order valence-corrected chi connectivity index (χ4v) is 6.62. The average Bonchev–Trinajstić information content (AvgIpc) is 3.80. The molecule has 5 unspecified atom stereocenters. The topological polar surface area (TPSA) is 66.2 Å². The predicted octanol–water partition coefficient (Wildman–Crippen LogP) is 14.1. The Bertz CT molecular complexity index is 1750. The van der Waals surface area contributed by atoms with Crippen LogP contribution in [0.4, 0.5) is 8.78 Å². The zero-order chi connectivity index (χ0) is 43.0. The van der Waals surface area contributed by atoms with Crippen LogP contribution in [0.5, 0.6) is 0 Å². The lowest BCUT2D eigenvalue weighted by molar-refractivity contribution is -0.116. The number of dihydropyridines is 1. The van der Waals surface area contributed by atoms with Gasteiger partial charge in [-0.3, -0.25) is 19.8 Å². The summed E-state index contributed by atoms with van der Waals surface area (Å²) in [6, 6.07) is 3.25. The highest BCUT2D eigenvalue weighted by atomic mass is 35.5. The minimum absolute atomic E-state index is 0.0938. The number of aliphatic imine (C=N–C) groups is 3. The maximum absolute atomic E-state index is 13.7. The van der Waals surface area contributed by atoms with Gasteiger partial charge >= 0.3 is 0 Å². The zero-order valence-corrected chi connectivity index (χ0v) is 37.9. The summed E-state index contributed by atoms with van der Waals surface area (Å²) in [7, 11) is 0. The van der Waals surface area contributed by atoms with Gasteiger partial charge in [0.15, 0.2) is 0 Å². The molecule has 1 aliphatic heterocycles. The van der Waals surface area contributed by atoms with Crippen molar-refractivity contribution in [1.82, 2.24) is 5.32 Å². The number of amides is 1. The standard InChI is InChI=1S/C25H30ClF2N3O.C14H25N.C9H16/c1-7-22(17(6)25(32)31-18-10-15(4)11-29-12-18)30-13-20(14(2)3)23-16(5)21(26)9-8-19(23)24(27)28;1-8-13(7)15-14(11(4)5)9-12(6)10(2)3;1-5-8-7(4)9(8)6(2)3/h8-10,12-13,15,24H,7,11H2,1-6H3,(H,31,32);9,11,13H,2,8H2,1,3-7H3;7-9H,2,5H2,1,3-4H3/b22-17+,30-13?;12-9-,15-14?;. The number of nitrogens with zero attached hydrogens (tertiary/aromatic N) is 3. The summed E-state index contributed by atoms with van der Waals surface area (Å²) in [6.45, 7) is 39.2. The first-order valence-corrected chi connectivity index (χ1v) is 20.6. The lowest BCUT2D eigenvalue weighted by atomic mass is 9.93. The molecule has 0 spiro atoms. The van der Waals surface area contributed by atoms with Gasteiger partial charge in [0.1, 0.15) is 0 Å². The summed E-state index contributed by atoms with van der Waals surface area (Å²) in [6.07, 6.45) is 7.61. The van der Waals surface area contributed by atoms with E-state index in [1.165, 1.54) is 35.4 Å². The van der Waals surface area contributed by atoms with Crippen molar-refractivity contribution in [3.8, 4) is 0 Å². The van der Waals surface area contributed by atoms with Crippen molar-refractivity contribution in [2.75, 3.05) is 6.54 Å². The second kappa shape index (κ2) is 24.1. The third kappa shape index (κ3) is 15.7. The molecule has 2 aliphatic rings. The van der Waals surface area contributed by atoms with Crippen LogP contribution in [-0.4, -0.2) is 36.6 Å². The molecule has 1 amide bonds. The molecule has 5 nitrogen and oxygen atoms in total. The summed E-state index contributed by atoms with van der Waals surface area (Å²) >= 11 is 6.23. The molecular formula is C48H71ClF2N4O. The van der Waals surface area contributed by atoms with E-state index in [2.05, 4.69) is 89.9 Å². The number of benzene rings is 1. The van der Waals surface area contributed by atoms with Crippen molar-refractivity contribution < 1.29 is 13.6 Å². The average molecular weight is 794 g/mol. The Morgan fingerprint density at radius 2 is 1.68 bits per heavy atom. The summed E-state index contributed by atoms with van der Waals surface area (Å²) in [5, 5.41) is 3.27. The van der Waals surface area contributed by atoms with E-state index >= 15 is 0 Å². The molecule has 1 aromatic carbocycles. The Morgan fingerprint density at radius 3 is 2.11 bits per heavy atom. The van der Waals surface area contributed by atoms with Crippen LogP contribution in [0.3, 0.4) is 0 Å². The maximum Gasteiger partial charge on any atom is 0.264 e. The molecule has 1 fully saturated rings. The third-order valence-electron chi connectivity index (χ3n) is 10.5. The second-order valence-electron chi connectivity index (χ2n) is 16.0. The highest BCUT2D eigenvalue weighted by Crippen LogP contribution is 2.51. The molecule has 1 N–H and O–H groups in total. The zero-order valence-electron chi connectivity index (χ0n) is 37.1. The molecule has 310 valence electrons. The maximum atomic E-state index is 13.7. The van der Waals surface area contributed by atoms with E-state index in [1.807, 2.05) is 40.7 Å². The molecule has 8 heteroatoms. The quantitative estimate of drug-likeness (QED) is 0.0867. The number of allylic oxidation sites excluding steroid dienone is 8. The van der Waals surface area contributed by atoms with Gasteiger partial charge in [-0.1, -0.05) is 109 Å². The van der Waals surface area contributed by atoms with Crippen LogP contribution in [0.15, 0.2) is 91.7 Å². The highest BCUT2D eigenvalue weighted by Gasteiger charge is 2.44. The Morgan fingerprint density at radius 1 is 1.05 bits per heavy atom. The highest BCUT2D eigenvalue weighted by molar-refractivity contribution is 6.32. The van der Waals surface area contributed by atoms with Gasteiger partial charge in [-0.15, -0.1) is 0 Å². The molecule has 0 aromatic heterocycles. The predicted molar refractivity (Wildman–Crippen MR) is 241 cm³/mol. The van der Waals surface area contributed by atoms with Crippen LogP contribution in [0.25, 0.3) is 5.57 Å². The van der Waals surface area contributed by atoms with Gasteiger partial charge in [0.25, 0.3) is 12.3 Å². The Balaban J connectivity index is 0.000000534. The Labute approximate surface area is 344 Å². The SMILES string of the molecule is C=C(C)/C(C)=C\C(=NC(C)CC)C(C)C.C=C(C)C1C(C)C1CC.CC/C(N=CC(=C(C)C)c1c(C(F)F)ccc(Cl)c1C)=C(/C)C(=O)NC1=CC(C)CN=C1. The summed E-state index contributed by atoms with van der Waals surface area (Å²) in [5.74, 6) is 3.21. The van der Waals surface area contributed by atoms with Gasteiger partial charge in [0, 0.05) is 52.6 Å². The number of alkyl halides is 2. The van der Waals surface area contributed by atoms with E-state index in [0.29, 0.717) is 63.6 Å². The van der Waals surface area contributed by atoms with Gasteiger partial charge in [-0.05, 0) is 132 Å². The van der Waals surface area contributed by atoms with E-state index in [1.54, 1.807) is 26.3 Å². The first kappa shape index (κ1) is 50.3. The van der Waals surface area contributed by atoms with Gasteiger partial charge in [-0.25, -0.2) is 8.78 Å². The largest absolute Gasteiger partial charge is 0.321 e. The molecule has 0 radical (unpaired) electrons. The van der Waals surface area contributed by atoms with Crippen molar-refractivity contribution in [2.45, 2.75) is 136 Å². The minimum Gasteiger partial charge on any atom is -0.321 e. The molecule has 0 bridgehead atoms. The molecule has 1 aliphatic carbocycles. The first-order valence-electron chi connectivity index (χ1n) is 20.2. The van der Waals surface area contributed by atoms with Crippen LogP contribution in [0.1, 0.15) is 139 Å². The summed E-state index contributed by atoms with van der Waals surface area (Å²) in [5.41, 5.74) is 8.84. The molecule has 3 rings (SSSR count). The molecule has 5 atom stereocenters. The van der Waals surface area contributed by atoms with Crippen molar-refractivity contribution in [3.05, 3.63) is 98.4 Å². The molecule has 1 heterocycles. The van der Waals surface area contributed by atoms with Gasteiger partial charge in [0.2, 0.25) is 0 Å². The third-order valence-corrected chi connectivity index (χ3v) is 10.9. The van der Waals surface area contributed by atoms with E-state index in [0.717, 1.165) is 35.3 Å². The number of rotatable bonds is 14. The molecule has 1 saturated carbocycles. The normalized spacial score (nSPS) is 20.3. The van der Waals surface area contributed by atoms with Crippen LogP contribution in [0, 0.1) is 36.5 Å². The molecule has 1 aromatic rings. The van der Waals surface area contributed by atoms with Crippen molar-refractivity contribution in [3.63, 3.8) is 0 Å². The summed E-state index contributed by atoms with van der Waals surface area (Å²) in [4.78, 5) is 26.2. The Kier molecular flexibility index (Phi) is 21.7. The van der Waals surface area contributed by atoms with Crippen LogP contribution >= 0.6 is 11.6 Å². The van der Waals surface area contributed by atoms with Gasteiger partial charge in [-0.2, -0.15) is 0 Å². The van der Waals surface area contributed by atoms with E-state index in [9.17, 15) is 13.6 Å². The molecular weight excluding hydrogens is 722 g/mol. The summed E-state index contributed by atoms with van der Waals surface area (Å²) < 4.78 is 27.4. The fourth-order valence-electron chi connectivity index (χ4n) is 6.46. The monoisotopic (exact) mass is 793 g/mol. The van der Waals surface area contributed by atoms with Crippen molar-refractivity contribution >= 4 is 41.2 Å². The van der Waals surface area contributed by atoms with Crippen molar-refractivity contribution in [1.29, 1.82) is 0 Å². The van der Waals surface area contributed by atoms with Crippen LogP contribution < -0.4 is 5.32 Å². The fraction of sp³-hybridized carbons (Fsp3) is 0.542. The number of carbonyl (C=O) groups is 1. The Hall–Kier alpha value is -3.71. The van der Waals surface area contributed by atoms with Crippen molar-refractivity contribution in [2.24, 2.45) is 44.6 Å². The van der Waals surface area contributed by atoms with Crippen LogP contribution in [0.2, 0.25) is 5.02 Å². The van der Waals surface area contributed by atoms with E-state index in [4.69, 9.17) is 16.6 Å². The lowest BCUT2D eigenvalue weighted by Crippen LogP contribution is -2.27. The number of carbonyl (C=O) groups excluding carboxylic acids is 1. The van der Waals surface area contributed by atoms with E-state index in [-0.39, 0.29) is 17.4 Å². The number of halogens is 3. The first-order chi connectivity index (χ1) is 26.1. The molecule has 0 saturated heterocycles. The number of hydrogen-bond acceptors (Lipinski definition) is 4. The van der Waals surface area contributed by atoms with Gasteiger partial charge < -0.3 is 5.32 Å². The number of hydrogen-bond donors (Lipinski definition) is 1. The number of nitrogens with one attached hydrogen (secondary N) is 1. The van der Waals surface area contributed by atoms with E-state index < -0.39 is 6.43 Å². The smallest absolute Gasteiger partial charge is 0.264 e.